The summed E-state index contributed by atoms with van der Waals surface area (Å²) in [5, 5.41) is 3.80. The van der Waals surface area contributed by atoms with E-state index in [2.05, 4.69) is 21.2 Å². The van der Waals surface area contributed by atoms with E-state index in [1.165, 1.54) is 37.5 Å². The van der Waals surface area contributed by atoms with Gasteiger partial charge in [0.2, 0.25) is 5.91 Å². The number of hydrogen-bond acceptors (Lipinski definition) is 5. The Balaban J connectivity index is 2.09. The summed E-state index contributed by atoms with van der Waals surface area (Å²) in [6.07, 6.45) is 0. The number of nitrogens with one attached hydrogen (secondary N) is 1. The number of amides is 1. The van der Waals surface area contributed by atoms with Gasteiger partial charge in [-0.1, -0.05) is 23.7 Å². The van der Waals surface area contributed by atoms with Gasteiger partial charge in [0.1, 0.15) is 23.0 Å². The first-order valence-electron chi connectivity index (χ1n) is 8.00. The number of esters is 1. The van der Waals surface area contributed by atoms with E-state index >= 15 is 0 Å². The summed E-state index contributed by atoms with van der Waals surface area (Å²) in [5.74, 6) is -0.975. The smallest absolute Gasteiger partial charge is 0.341 e. The highest BCUT2D eigenvalue weighted by Gasteiger charge is 2.24. The van der Waals surface area contributed by atoms with Gasteiger partial charge in [-0.05, 0) is 34.1 Å². The van der Waals surface area contributed by atoms with Gasteiger partial charge in [-0.3, -0.25) is 4.79 Å². The number of halogens is 3. The van der Waals surface area contributed by atoms with Crippen molar-refractivity contribution in [3.8, 4) is 5.75 Å². The number of rotatable bonds is 5. The number of carbonyl (C=O) groups is 2. The van der Waals surface area contributed by atoms with Crippen molar-refractivity contribution in [2.24, 2.45) is 0 Å². The van der Waals surface area contributed by atoms with Crippen LogP contribution >= 0.6 is 38.9 Å². The number of methoxy groups -OCH3 is 1. The lowest BCUT2D eigenvalue weighted by molar-refractivity contribution is -0.114. The fraction of sp³-hybridized carbons (Fsp3) is 0.158. The third kappa shape index (κ3) is 3.99. The first-order valence-corrected chi connectivity index (χ1v) is 9.98. The minimum absolute atomic E-state index is 0.107. The second-order valence-corrected chi connectivity index (χ2v) is 8.00. The predicted molar refractivity (Wildman–Crippen MR) is 111 cm³/mol. The zero-order valence-corrected chi connectivity index (χ0v) is 17.9. The normalized spacial score (nSPS) is 10.8. The SMILES string of the molecule is COC(=O)c1c(NC(C)=O)sc2c(OCc3c(F)cccc3Cl)c(Br)ccc12. The number of ether oxygens (including phenoxy) is 2. The predicted octanol–water partition coefficient (Wildman–Crippen LogP) is 5.78. The third-order valence-electron chi connectivity index (χ3n) is 3.87. The Morgan fingerprint density at radius 3 is 2.68 bits per heavy atom. The molecule has 146 valence electrons. The van der Waals surface area contributed by atoms with Crippen LogP contribution in [0.3, 0.4) is 0 Å². The summed E-state index contributed by atoms with van der Waals surface area (Å²) in [6, 6.07) is 7.82. The van der Waals surface area contributed by atoms with Gasteiger partial charge < -0.3 is 14.8 Å². The molecule has 1 N–H and O–H groups in total. The van der Waals surface area contributed by atoms with Crippen LogP contribution < -0.4 is 10.1 Å². The van der Waals surface area contributed by atoms with Crippen LogP contribution in [-0.2, 0) is 16.1 Å². The van der Waals surface area contributed by atoms with Gasteiger partial charge in [0.25, 0.3) is 0 Å². The average molecular weight is 487 g/mol. The molecule has 3 aromatic rings. The van der Waals surface area contributed by atoms with Crippen molar-refractivity contribution in [2.45, 2.75) is 13.5 Å². The molecule has 1 amide bonds. The van der Waals surface area contributed by atoms with Crippen molar-refractivity contribution in [3.05, 3.63) is 56.8 Å². The van der Waals surface area contributed by atoms with Crippen LogP contribution in [0, 0.1) is 5.82 Å². The van der Waals surface area contributed by atoms with E-state index in [0.29, 0.717) is 25.3 Å². The largest absolute Gasteiger partial charge is 0.486 e. The molecule has 0 saturated carbocycles. The molecule has 2 aromatic carbocycles. The highest BCUT2D eigenvalue weighted by Crippen LogP contribution is 2.45. The maximum atomic E-state index is 14.0. The molecule has 0 atom stereocenters. The summed E-state index contributed by atoms with van der Waals surface area (Å²) in [6.45, 7) is 1.24. The van der Waals surface area contributed by atoms with Gasteiger partial charge in [0.15, 0.2) is 5.75 Å². The molecule has 0 bridgehead atoms. The first-order chi connectivity index (χ1) is 13.3. The molecule has 5 nitrogen and oxygen atoms in total. The highest BCUT2D eigenvalue weighted by molar-refractivity contribution is 9.10. The van der Waals surface area contributed by atoms with Gasteiger partial charge in [0, 0.05) is 17.9 Å². The number of fused-ring (bicyclic) bond motifs is 1. The van der Waals surface area contributed by atoms with Crippen LogP contribution in [0.2, 0.25) is 5.02 Å². The molecule has 9 heteroatoms. The van der Waals surface area contributed by atoms with Crippen LogP contribution in [0.15, 0.2) is 34.8 Å². The van der Waals surface area contributed by atoms with Crippen LogP contribution in [-0.4, -0.2) is 19.0 Å². The molecule has 1 heterocycles. The van der Waals surface area contributed by atoms with Crippen molar-refractivity contribution in [2.75, 3.05) is 12.4 Å². The topological polar surface area (TPSA) is 64.6 Å². The molecule has 3 rings (SSSR count). The number of thiophene rings is 1. The maximum absolute atomic E-state index is 14.0. The number of benzene rings is 2. The summed E-state index contributed by atoms with van der Waals surface area (Å²) in [5.41, 5.74) is 0.457. The first kappa shape index (κ1) is 20.6. The molecule has 0 aliphatic carbocycles. The molecule has 0 fully saturated rings. The lowest BCUT2D eigenvalue weighted by Crippen LogP contribution is -2.09. The van der Waals surface area contributed by atoms with Gasteiger partial charge in [-0.25, -0.2) is 9.18 Å². The Hall–Kier alpha value is -2.16. The Morgan fingerprint density at radius 1 is 1.29 bits per heavy atom. The third-order valence-corrected chi connectivity index (χ3v) is 5.96. The van der Waals surface area contributed by atoms with Crippen LogP contribution in [0.25, 0.3) is 10.1 Å². The zero-order valence-electron chi connectivity index (χ0n) is 14.8. The fourth-order valence-electron chi connectivity index (χ4n) is 2.61. The van der Waals surface area contributed by atoms with E-state index in [4.69, 9.17) is 21.1 Å². The molecule has 0 unspecified atom stereocenters. The van der Waals surface area contributed by atoms with Crippen molar-refractivity contribution in [1.82, 2.24) is 0 Å². The van der Waals surface area contributed by atoms with Crippen molar-refractivity contribution in [1.29, 1.82) is 0 Å². The van der Waals surface area contributed by atoms with Crippen LogP contribution in [0.4, 0.5) is 9.39 Å². The number of anilines is 1. The Morgan fingerprint density at radius 2 is 2.04 bits per heavy atom. The van der Waals surface area contributed by atoms with Gasteiger partial charge in [-0.2, -0.15) is 0 Å². The van der Waals surface area contributed by atoms with Gasteiger partial charge in [0.05, 0.1) is 21.3 Å². The molecule has 28 heavy (non-hydrogen) atoms. The lowest BCUT2D eigenvalue weighted by atomic mass is 10.1. The average Bonchev–Trinajstić information content (AvgIpc) is 2.99. The molecule has 0 spiro atoms. The minimum Gasteiger partial charge on any atom is -0.486 e. The summed E-state index contributed by atoms with van der Waals surface area (Å²) in [7, 11) is 1.26. The highest BCUT2D eigenvalue weighted by atomic mass is 79.9. The number of hydrogen-bond donors (Lipinski definition) is 1. The van der Waals surface area contributed by atoms with E-state index in [-0.39, 0.29) is 28.7 Å². The molecule has 1 aromatic heterocycles. The van der Waals surface area contributed by atoms with Crippen molar-refractivity contribution in [3.63, 3.8) is 0 Å². The number of carbonyl (C=O) groups excluding carboxylic acids is 2. The standard InChI is InChI=1S/C19H14BrClFNO4S/c1-9(24)23-18-15(19(25)26-2)10-6-7-12(20)16(17(10)28-18)27-8-11-13(21)4-3-5-14(11)22/h3-7H,8H2,1-2H3,(H,23,24). The van der Waals surface area contributed by atoms with E-state index in [1.54, 1.807) is 18.2 Å². The summed E-state index contributed by atoms with van der Waals surface area (Å²) >= 11 is 10.6. The monoisotopic (exact) mass is 485 g/mol. The van der Waals surface area contributed by atoms with Crippen LogP contribution in [0.5, 0.6) is 5.75 Å². The molecule has 0 saturated heterocycles. The van der Waals surface area contributed by atoms with E-state index in [9.17, 15) is 14.0 Å². The summed E-state index contributed by atoms with van der Waals surface area (Å²) < 4.78 is 26.0. The Kier molecular flexibility index (Phi) is 6.22. The van der Waals surface area contributed by atoms with E-state index in [0.717, 1.165) is 0 Å². The summed E-state index contributed by atoms with van der Waals surface area (Å²) in [4.78, 5) is 23.8. The van der Waals surface area contributed by atoms with E-state index < -0.39 is 11.8 Å². The molecule has 0 aliphatic rings. The quantitative estimate of drug-likeness (QED) is 0.464. The second-order valence-electron chi connectivity index (χ2n) is 5.72. The minimum atomic E-state index is -0.583. The zero-order chi connectivity index (χ0) is 20.4. The Bertz CT molecular complexity index is 1070. The second kappa shape index (κ2) is 8.46. The molecule has 0 radical (unpaired) electrons. The molecular weight excluding hydrogens is 473 g/mol. The van der Waals surface area contributed by atoms with E-state index in [1.807, 2.05) is 0 Å². The van der Waals surface area contributed by atoms with Gasteiger partial charge >= 0.3 is 5.97 Å². The maximum Gasteiger partial charge on any atom is 0.341 e. The molecule has 0 aliphatic heterocycles. The van der Waals surface area contributed by atoms with Gasteiger partial charge in [-0.15, -0.1) is 11.3 Å². The van der Waals surface area contributed by atoms with Crippen molar-refractivity contribution < 1.29 is 23.5 Å². The fourth-order valence-corrected chi connectivity index (χ4v) is 4.64. The van der Waals surface area contributed by atoms with Crippen LogP contribution in [0.1, 0.15) is 22.8 Å². The lowest BCUT2D eigenvalue weighted by Gasteiger charge is -2.11. The molecular formula is C19H14BrClFNO4S. The Labute approximate surface area is 177 Å². The van der Waals surface area contributed by atoms with Crippen molar-refractivity contribution >= 4 is 65.8 Å².